The number of benzene rings is 1. The fourth-order valence-electron chi connectivity index (χ4n) is 1.82. The molecule has 0 aliphatic carbocycles. The number of thioether (sulfide) groups is 1. The molecule has 0 aliphatic heterocycles. The fourth-order valence-corrected chi connectivity index (χ4v) is 2.44. The Morgan fingerprint density at radius 2 is 1.95 bits per heavy atom. The van der Waals surface area contributed by atoms with E-state index in [1.165, 1.54) is 16.7 Å². The van der Waals surface area contributed by atoms with Crippen LogP contribution in [0.2, 0.25) is 0 Å². The predicted octanol–water partition coefficient (Wildman–Crippen LogP) is 3.07. The van der Waals surface area contributed by atoms with Crippen molar-refractivity contribution < 1.29 is 14.2 Å². The Labute approximate surface area is 125 Å². The summed E-state index contributed by atoms with van der Waals surface area (Å²) in [7, 11) is 3.31. The van der Waals surface area contributed by atoms with E-state index in [2.05, 4.69) is 18.2 Å². The molecule has 4 nitrogen and oxygen atoms in total. The van der Waals surface area contributed by atoms with Gasteiger partial charge >= 0.3 is 0 Å². The van der Waals surface area contributed by atoms with Crippen LogP contribution in [0.1, 0.15) is 12.0 Å². The van der Waals surface area contributed by atoms with E-state index >= 15 is 0 Å². The van der Waals surface area contributed by atoms with Crippen LogP contribution >= 0.6 is 11.8 Å². The van der Waals surface area contributed by atoms with E-state index in [-0.39, 0.29) is 0 Å². The zero-order chi connectivity index (χ0) is 14.8. The average Bonchev–Trinajstić information content (AvgIpc) is 2.49. The minimum Gasteiger partial charge on any atom is -0.502 e. The average molecular weight is 297 g/mol. The smallest absolute Gasteiger partial charge is 0.161 e. The fraction of sp³-hybridized carbons (Fsp3) is 0.467. The molecule has 0 fully saturated rings. The van der Waals surface area contributed by atoms with Crippen molar-refractivity contribution in [2.24, 2.45) is 0 Å². The molecule has 0 saturated carbocycles. The summed E-state index contributed by atoms with van der Waals surface area (Å²) in [6.07, 6.45) is 4.48. The number of ether oxygens (including phenoxy) is 3. The van der Waals surface area contributed by atoms with E-state index in [4.69, 9.17) is 14.2 Å². The second-order valence-electron chi connectivity index (χ2n) is 4.09. The van der Waals surface area contributed by atoms with Crippen molar-refractivity contribution in [3.05, 3.63) is 30.5 Å². The van der Waals surface area contributed by atoms with Crippen molar-refractivity contribution in [3.8, 4) is 11.5 Å². The summed E-state index contributed by atoms with van der Waals surface area (Å²) in [5.74, 6) is 1.53. The molecule has 0 unspecified atom stereocenters. The minimum absolute atomic E-state index is 0.692. The highest BCUT2D eigenvalue weighted by Gasteiger charge is 2.10. The Hall–Kier alpha value is -1.33. The van der Waals surface area contributed by atoms with Crippen molar-refractivity contribution in [1.29, 1.82) is 0 Å². The molecule has 0 heterocycles. The lowest BCUT2D eigenvalue weighted by atomic mass is 10.2. The van der Waals surface area contributed by atoms with Gasteiger partial charge in [-0.2, -0.15) is 0 Å². The van der Waals surface area contributed by atoms with Crippen molar-refractivity contribution in [1.82, 2.24) is 5.32 Å². The largest absolute Gasteiger partial charge is 0.502 e. The van der Waals surface area contributed by atoms with Gasteiger partial charge in [0.25, 0.3) is 0 Å². The molecule has 1 aromatic rings. The van der Waals surface area contributed by atoms with Gasteiger partial charge in [0.05, 0.1) is 27.1 Å². The molecule has 20 heavy (non-hydrogen) atoms. The number of hydrogen-bond donors (Lipinski definition) is 1. The molecule has 0 saturated heterocycles. The van der Waals surface area contributed by atoms with E-state index in [1.807, 2.05) is 12.1 Å². The first-order valence-corrected chi connectivity index (χ1v) is 7.71. The summed E-state index contributed by atoms with van der Waals surface area (Å²) in [4.78, 5) is 1.19. The third-order valence-electron chi connectivity index (χ3n) is 2.84. The first kappa shape index (κ1) is 16.7. The van der Waals surface area contributed by atoms with Gasteiger partial charge in [-0.25, -0.2) is 0 Å². The van der Waals surface area contributed by atoms with Crippen LogP contribution in [0.5, 0.6) is 11.5 Å². The molecule has 0 atom stereocenters. The van der Waals surface area contributed by atoms with E-state index in [0.29, 0.717) is 6.61 Å². The molecule has 0 aliphatic rings. The Morgan fingerprint density at radius 1 is 1.25 bits per heavy atom. The van der Waals surface area contributed by atoms with Crippen LogP contribution < -0.4 is 14.8 Å². The van der Waals surface area contributed by atoms with E-state index in [9.17, 15) is 0 Å². The maximum absolute atomic E-state index is 5.34. The Bertz CT molecular complexity index is 424. The normalized spacial score (nSPS) is 10.2. The SMILES string of the molecule is C=COCCCNCc1cc(OC)c(OC)cc1SC. The Morgan fingerprint density at radius 3 is 2.55 bits per heavy atom. The summed E-state index contributed by atoms with van der Waals surface area (Å²) >= 11 is 1.70. The highest BCUT2D eigenvalue weighted by Crippen LogP contribution is 2.34. The first-order valence-electron chi connectivity index (χ1n) is 6.49. The third kappa shape index (κ3) is 4.98. The molecule has 0 aromatic heterocycles. The van der Waals surface area contributed by atoms with E-state index in [0.717, 1.165) is 31.0 Å². The van der Waals surface area contributed by atoms with E-state index in [1.54, 1.807) is 26.0 Å². The lowest BCUT2D eigenvalue weighted by Crippen LogP contribution is -2.16. The Kier molecular flexibility index (Phi) is 7.99. The molecule has 5 heteroatoms. The summed E-state index contributed by atoms with van der Waals surface area (Å²) in [5, 5.41) is 3.40. The maximum atomic E-state index is 5.34. The summed E-state index contributed by atoms with van der Waals surface area (Å²) < 4.78 is 15.7. The molecule has 112 valence electrons. The highest BCUT2D eigenvalue weighted by atomic mass is 32.2. The van der Waals surface area contributed by atoms with Gasteiger partial charge in [0.2, 0.25) is 0 Å². The van der Waals surface area contributed by atoms with Crippen LogP contribution in [0.25, 0.3) is 0 Å². The number of nitrogens with one attached hydrogen (secondary N) is 1. The lowest BCUT2D eigenvalue weighted by Gasteiger charge is -2.14. The summed E-state index contributed by atoms with van der Waals surface area (Å²) in [6, 6.07) is 4.04. The van der Waals surface area contributed by atoms with Crippen molar-refractivity contribution in [2.45, 2.75) is 17.9 Å². The molecular formula is C15H23NO3S. The molecular weight excluding hydrogens is 274 g/mol. The van der Waals surface area contributed by atoms with Crippen molar-refractivity contribution in [3.63, 3.8) is 0 Å². The van der Waals surface area contributed by atoms with Crippen LogP contribution in [0, 0.1) is 0 Å². The van der Waals surface area contributed by atoms with Crippen LogP contribution in [0.4, 0.5) is 0 Å². The third-order valence-corrected chi connectivity index (χ3v) is 3.66. The van der Waals surface area contributed by atoms with Crippen LogP contribution in [0.3, 0.4) is 0 Å². The second kappa shape index (κ2) is 9.55. The van der Waals surface area contributed by atoms with Gasteiger partial charge in [0.1, 0.15) is 0 Å². The Balaban J connectivity index is 2.61. The quantitative estimate of drug-likeness (QED) is 0.408. The second-order valence-corrected chi connectivity index (χ2v) is 4.93. The maximum Gasteiger partial charge on any atom is 0.161 e. The minimum atomic E-state index is 0.692. The van der Waals surface area contributed by atoms with Crippen LogP contribution in [-0.2, 0) is 11.3 Å². The monoisotopic (exact) mass is 297 g/mol. The van der Waals surface area contributed by atoms with Gasteiger partial charge in [0, 0.05) is 11.4 Å². The summed E-state index contributed by atoms with van der Waals surface area (Å²) in [6.45, 7) is 5.90. The molecule has 1 rings (SSSR count). The molecule has 0 spiro atoms. The molecule has 0 bridgehead atoms. The number of hydrogen-bond acceptors (Lipinski definition) is 5. The van der Waals surface area contributed by atoms with Gasteiger partial charge < -0.3 is 19.5 Å². The van der Waals surface area contributed by atoms with Crippen LogP contribution in [-0.4, -0.2) is 33.6 Å². The lowest BCUT2D eigenvalue weighted by molar-refractivity contribution is 0.244. The molecule has 0 radical (unpaired) electrons. The molecule has 1 N–H and O–H groups in total. The van der Waals surface area contributed by atoms with Gasteiger partial charge in [-0.05, 0) is 36.9 Å². The van der Waals surface area contributed by atoms with Crippen molar-refractivity contribution in [2.75, 3.05) is 33.6 Å². The first-order chi connectivity index (χ1) is 9.76. The van der Waals surface area contributed by atoms with Crippen molar-refractivity contribution >= 4 is 11.8 Å². The predicted molar refractivity (Wildman–Crippen MR) is 83.8 cm³/mol. The van der Waals surface area contributed by atoms with Gasteiger partial charge in [0.15, 0.2) is 11.5 Å². The summed E-state index contributed by atoms with van der Waals surface area (Å²) in [5.41, 5.74) is 1.21. The van der Waals surface area contributed by atoms with Gasteiger partial charge in [-0.3, -0.25) is 0 Å². The zero-order valence-corrected chi connectivity index (χ0v) is 13.2. The molecule has 1 aromatic carbocycles. The topological polar surface area (TPSA) is 39.7 Å². The molecule has 0 amide bonds. The highest BCUT2D eigenvalue weighted by molar-refractivity contribution is 7.98. The van der Waals surface area contributed by atoms with E-state index < -0.39 is 0 Å². The number of rotatable bonds is 10. The number of methoxy groups -OCH3 is 2. The van der Waals surface area contributed by atoms with Gasteiger partial charge in [-0.15, -0.1) is 11.8 Å². The zero-order valence-electron chi connectivity index (χ0n) is 12.4. The standard InChI is InChI=1S/C15H23NO3S/c1-5-19-8-6-7-16-11-12-9-13(17-2)14(18-3)10-15(12)20-4/h5,9-10,16H,1,6-8,11H2,2-4H3. The van der Waals surface area contributed by atoms with Gasteiger partial charge in [-0.1, -0.05) is 6.58 Å². The van der Waals surface area contributed by atoms with Crippen LogP contribution in [0.15, 0.2) is 29.9 Å².